The number of aliphatic carboxylic acids is 2. The molecular weight excluding hydrogens is 256 g/mol. The molecule has 18 heavy (non-hydrogen) atoms. The Hall–Kier alpha value is -1.81. The SMILES string of the molecule is CC(Cc1cccc(Cl)c1)/C(=C/C(=O)O)C(=O)O. The molecule has 0 amide bonds. The highest BCUT2D eigenvalue weighted by atomic mass is 35.5. The molecule has 0 spiro atoms. The van der Waals surface area contributed by atoms with Crippen LogP contribution in [-0.2, 0) is 16.0 Å². The van der Waals surface area contributed by atoms with Crippen molar-refractivity contribution in [2.75, 3.05) is 0 Å². The van der Waals surface area contributed by atoms with Crippen LogP contribution in [0, 0.1) is 5.92 Å². The van der Waals surface area contributed by atoms with E-state index in [9.17, 15) is 9.59 Å². The molecule has 5 heteroatoms. The van der Waals surface area contributed by atoms with Crippen LogP contribution in [0.2, 0.25) is 5.02 Å². The molecule has 0 radical (unpaired) electrons. The van der Waals surface area contributed by atoms with E-state index in [-0.39, 0.29) is 5.57 Å². The molecule has 0 heterocycles. The highest BCUT2D eigenvalue weighted by Gasteiger charge is 2.18. The van der Waals surface area contributed by atoms with Gasteiger partial charge in [-0.2, -0.15) is 0 Å². The predicted octanol–water partition coefficient (Wildman–Crippen LogP) is 2.61. The molecule has 1 aromatic rings. The first-order chi connectivity index (χ1) is 8.40. The summed E-state index contributed by atoms with van der Waals surface area (Å²) in [6.45, 7) is 1.67. The van der Waals surface area contributed by atoms with Gasteiger partial charge < -0.3 is 10.2 Å². The second-order valence-electron chi connectivity index (χ2n) is 3.98. The monoisotopic (exact) mass is 268 g/mol. The van der Waals surface area contributed by atoms with E-state index in [1.807, 2.05) is 6.07 Å². The van der Waals surface area contributed by atoms with Gasteiger partial charge in [-0.25, -0.2) is 9.59 Å². The molecule has 0 aliphatic rings. The van der Waals surface area contributed by atoms with Gasteiger partial charge in [0, 0.05) is 16.7 Å². The van der Waals surface area contributed by atoms with Gasteiger partial charge in [-0.15, -0.1) is 0 Å². The first kappa shape index (κ1) is 14.3. The Kier molecular flexibility index (Phi) is 4.92. The first-order valence-electron chi connectivity index (χ1n) is 5.32. The van der Waals surface area contributed by atoms with Crippen LogP contribution >= 0.6 is 11.6 Å². The van der Waals surface area contributed by atoms with Crippen molar-refractivity contribution in [2.24, 2.45) is 5.92 Å². The smallest absolute Gasteiger partial charge is 0.332 e. The van der Waals surface area contributed by atoms with Gasteiger partial charge in [0.15, 0.2) is 0 Å². The van der Waals surface area contributed by atoms with Crippen LogP contribution < -0.4 is 0 Å². The van der Waals surface area contributed by atoms with Gasteiger partial charge in [-0.3, -0.25) is 0 Å². The van der Waals surface area contributed by atoms with E-state index >= 15 is 0 Å². The molecule has 0 aliphatic carbocycles. The highest BCUT2D eigenvalue weighted by molar-refractivity contribution is 6.30. The molecular formula is C13H13ClO4. The number of halogens is 1. The minimum absolute atomic E-state index is 0.123. The van der Waals surface area contributed by atoms with Crippen molar-refractivity contribution in [2.45, 2.75) is 13.3 Å². The Morgan fingerprint density at radius 2 is 2.06 bits per heavy atom. The highest BCUT2D eigenvalue weighted by Crippen LogP contribution is 2.19. The quantitative estimate of drug-likeness (QED) is 0.805. The Bertz CT molecular complexity index is 494. The third kappa shape index (κ3) is 4.22. The Morgan fingerprint density at radius 3 is 2.56 bits per heavy atom. The predicted molar refractivity (Wildman–Crippen MR) is 67.7 cm³/mol. The molecule has 0 aromatic heterocycles. The number of hydrogen-bond donors (Lipinski definition) is 2. The lowest BCUT2D eigenvalue weighted by Gasteiger charge is -2.12. The van der Waals surface area contributed by atoms with Crippen molar-refractivity contribution < 1.29 is 19.8 Å². The summed E-state index contributed by atoms with van der Waals surface area (Å²) in [4.78, 5) is 21.5. The number of carboxylic acid groups (broad SMARTS) is 2. The molecule has 1 unspecified atom stereocenters. The fourth-order valence-corrected chi connectivity index (χ4v) is 1.89. The van der Waals surface area contributed by atoms with E-state index in [0.717, 1.165) is 11.6 Å². The lowest BCUT2D eigenvalue weighted by atomic mass is 9.93. The summed E-state index contributed by atoms with van der Waals surface area (Å²) in [5.74, 6) is -2.88. The molecule has 0 saturated carbocycles. The maximum Gasteiger partial charge on any atom is 0.332 e. The third-order valence-corrected chi connectivity index (χ3v) is 2.72. The van der Waals surface area contributed by atoms with Crippen LogP contribution in [0.1, 0.15) is 12.5 Å². The molecule has 0 saturated heterocycles. The summed E-state index contributed by atoms with van der Waals surface area (Å²) in [7, 11) is 0. The van der Waals surface area contributed by atoms with Crippen LogP contribution in [-0.4, -0.2) is 22.2 Å². The molecule has 1 rings (SSSR count). The molecule has 2 N–H and O–H groups in total. The summed E-state index contributed by atoms with van der Waals surface area (Å²) >= 11 is 5.83. The minimum Gasteiger partial charge on any atom is -0.478 e. The van der Waals surface area contributed by atoms with Gasteiger partial charge in [0.05, 0.1) is 0 Å². The molecule has 1 aromatic carbocycles. The normalized spacial score (nSPS) is 13.1. The largest absolute Gasteiger partial charge is 0.478 e. The van der Waals surface area contributed by atoms with Crippen molar-refractivity contribution in [3.05, 3.63) is 46.5 Å². The van der Waals surface area contributed by atoms with Crippen LogP contribution in [0.15, 0.2) is 35.9 Å². The van der Waals surface area contributed by atoms with Crippen LogP contribution in [0.25, 0.3) is 0 Å². The zero-order valence-electron chi connectivity index (χ0n) is 9.76. The number of benzene rings is 1. The summed E-state index contributed by atoms with van der Waals surface area (Å²) in [6.07, 6.45) is 1.16. The molecule has 0 aliphatic heterocycles. The maximum absolute atomic E-state index is 11.0. The van der Waals surface area contributed by atoms with Gasteiger partial charge >= 0.3 is 11.9 Å². The summed E-state index contributed by atoms with van der Waals surface area (Å²) in [6, 6.07) is 7.05. The summed E-state index contributed by atoms with van der Waals surface area (Å²) in [5.41, 5.74) is 0.745. The third-order valence-electron chi connectivity index (χ3n) is 2.49. The van der Waals surface area contributed by atoms with Crippen molar-refractivity contribution in [1.82, 2.24) is 0 Å². The zero-order chi connectivity index (χ0) is 13.7. The molecule has 96 valence electrons. The van der Waals surface area contributed by atoms with Gasteiger partial charge in [0.2, 0.25) is 0 Å². The van der Waals surface area contributed by atoms with Crippen LogP contribution in [0.5, 0.6) is 0 Å². The summed E-state index contributed by atoms with van der Waals surface area (Å²) in [5, 5.41) is 18.2. The average molecular weight is 269 g/mol. The van der Waals surface area contributed by atoms with Gasteiger partial charge in [-0.1, -0.05) is 30.7 Å². The van der Waals surface area contributed by atoms with Crippen molar-refractivity contribution in [3.63, 3.8) is 0 Å². The Balaban J connectivity index is 2.89. The first-order valence-corrected chi connectivity index (χ1v) is 5.70. The number of carboxylic acids is 2. The van der Waals surface area contributed by atoms with Crippen molar-refractivity contribution in [3.8, 4) is 0 Å². The van der Waals surface area contributed by atoms with Gasteiger partial charge in [-0.05, 0) is 30.0 Å². The van der Waals surface area contributed by atoms with Crippen molar-refractivity contribution in [1.29, 1.82) is 0 Å². The lowest BCUT2D eigenvalue weighted by Crippen LogP contribution is -2.14. The van der Waals surface area contributed by atoms with Gasteiger partial charge in [0.1, 0.15) is 0 Å². The summed E-state index contributed by atoms with van der Waals surface area (Å²) < 4.78 is 0. The Labute approximate surface area is 110 Å². The van der Waals surface area contributed by atoms with Crippen LogP contribution in [0.3, 0.4) is 0 Å². The topological polar surface area (TPSA) is 74.6 Å². The van der Waals surface area contributed by atoms with Crippen LogP contribution in [0.4, 0.5) is 0 Å². The van der Waals surface area contributed by atoms with E-state index in [0.29, 0.717) is 11.4 Å². The lowest BCUT2D eigenvalue weighted by molar-refractivity contribution is -0.135. The van der Waals surface area contributed by atoms with E-state index in [4.69, 9.17) is 21.8 Å². The molecule has 0 fully saturated rings. The van der Waals surface area contributed by atoms with Crippen molar-refractivity contribution >= 4 is 23.5 Å². The molecule has 1 atom stereocenters. The number of rotatable bonds is 5. The Morgan fingerprint density at radius 1 is 1.39 bits per heavy atom. The fraction of sp³-hybridized carbons (Fsp3) is 0.231. The minimum atomic E-state index is -1.26. The average Bonchev–Trinajstić information content (AvgIpc) is 2.25. The van der Waals surface area contributed by atoms with E-state index in [1.165, 1.54) is 0 Å². The van der Waals surface area contributed by atoms with E-state index in [2.05, 4.69) is 0 Å². The second kappa shape index (κ2) is 6.21. The van der Waals surface area contributed by atoms with E-state index in [1.54, 1.807) is 25.1 Å². The standard InChI is InChI=1S/C13H13ClO4/c1-8(11(13(17)18)7-12(15)16)5-9-3-2-4-10(14)6-9/h2-4,6-8H,5H2,1H3,(H,15,16)(H,17,18)/b11-7-. The number of carbonyl (C=O) groups is 2. The zero-order valence-corrected chi connectivity index (χ0v) is 10.5. The second-order valence-corrected chi connectivity index (χ2v) is 4.41. The van der Waals surface area contributed by atoms with Gasteiger partial charge in [0.25, 0.3) is 0 Å². The molecule has 0 bridgehead atoms. The fourth-order valence-electron chi connectivity index (χ4n) is 1.68. The molecule has 4 nitrogen and oxygen atoms in total. The van der Waals surface area contributed by atoms with E-state index < -0.39 is 17.9 Å². The number of hydrogen-bond acceptors (Lipinski definition) is 2. The maximum atomic E-state index is 11.0.